The van der Waals surface area contributed by atoms with Crippen molar-refractivity contribution in [2.45, 2.75) is 6.54 Å². The van der Waals surface area contributed by atoms with Crippen molar-refractivity contribution in [3.05, 3.63) is 39.2 Å². The molecule has 0 aliphatic heterocycles. The quantitative estimate of drug-likeness (QED) is 0.675. The summed E-state index contributed by atoms with van der Waals surface area (Å²) in [6.45, 7) is 0.161. The number of nitrogens with two attached hydrogens (primary N) is 2. The van der Waals surface area contributed by atoms with Crippen LogP contribution in [0.1, 0.15) is 5.56 Å². The summed E-state index contributed by atoms with van der Waals surface area (Å²) in [7, 11) is 0. The Morgan fingerprint density at radius 3 is 2.71 bits per heavy atom. The summed E-state index contributed by atoms with van der Waals surface area (Å²) in [5.74, 6) is -0.196. The first-order valence-corrected chi connectivity index (χ1v) is 7.01. The van der Waals surface area contributed by atoms with E-state index in [1.165, 1.54) is 10.6 Å². The highest BCUT2D eigenvalue weighted by molar-refractivity contribution is 9.10. The van der Waals surface area contributed by atoms with Gasteiger partial charge in [0.1, 0.15) is 11.3 Å². The van der Waals surface area contributed by atoms with Gasteiger partial charge < -0.3 is 11.5 Å². The lowest BCUT2D eigenvalue weighted by atomic mass is 10.2. The number of halogens is 3. The van der Waals surface area contributed by atoms with Crippen LogP contribution in [0.5, 0.6) is 0 Å². The lowest BCUT2D eigenvalue weighted by Gasteiger charge is -2.07. The highest BCUT2D eigenvalue weighted by Crippen LogP contribution is 2.25. The Labute approximate surface area is 132 Å². The molecule has 108 valence electrons. The minimum atomic E-state index is -0.362. The number of aromatic nitrogens is 4. The van der Waals surface area contributed by atoms with Crippen molar-refractivity contribution in [3.8, 4) is 0 Å². The summed E-state index contributed by atoms with van der Waals surface area (Å²) in [5.41, 5.74) is 12.6. The summed E-state index contributed by atoms with van der Waals surface area (Å²) in [6, 6.07) is 4.77. The molecule has 0 bridgehead atoms. The predicted molar refractivity (Wildman–Crippen MR) is 82.4 cm³/mol. The molecule has 0 unspecified atom stereocenters. The zero-order chi connectivity index (χ0) is 15.1. The van der Waals surface area contributed by atoms with Crippen LogP contribution in [0.4, 0.5) is 16.3 Å². The highest BCUT2D eigenvalue weighted by Gasteiger charge is 2.16. The second-order valence-electron chi connectivity index (χ2n) is 4.34. The Morgan fingerprint density at radius 1 is 1.24 bits per heavy atom. The number of benzene rings is 1. The van der Waals surface area contributed by atoms with Crippen LogP contribution >= 0.6 is 27.5 Å². The van der Waals surface area contributed by atoms with E-state index in [1.54, 1.807) is 12.1 Å². The van der Waals surface area contributed by atoms with Crippen molar-refractivity contribution < 1.29 is 4.39 Å². The molecule has 6 nitrogen and oxygen atoms in total. The fraction of sp³-hybridized carbons (Fsp3) is 0.0833. The van der Waals surface area contributed by atoms with Gasteiger partial charge in [0.25, 0.3) is 0 Å². The number of fused-ring (bicyclic) bond motifs is 1. The molecule has 0 saturated heterocycles. The van der Waals surface area contributed by atoms with Crippen molar-refractivity contribution in [1.29, 1.82) is 0 Å². The maximum Gasteiger partial charge on any atom is 0.223 e. The number of nitrogens with zero attached hydrogens (tertiary/aromatic N) is 4. The largest absolute Gasteiger partial charge is 0.369 e. The Kier molecular flexibility index (Phi) is 3.42. The van der Waals surface area contributed by atoms with E-state index in [4.69, 9.17) is 23.1 Å². The fourth-order valence-electron chi connectivity index (χ4n) is 1.98. The van der Waals surface area contributed by atoms with Crippen molar-refractivity contribution in [2.75, 3.05) is 11.5 Å². The standard InChI is InChI=1S/C12H9BrClFN6/c13-6-2-1-5(7(15)3-6)4-21-10-8(18-12(21)17)9(14)19-11(16)20-10/h1-3H,4H2,(H2,17,18)(H2,16,19,20). The summed E-state index contributed by atoms with van der Waals surface area (Å²) in [6.07, 6.45) is 0. The van der Waals surface area contributed by atoms with Crippen LogP contribution in [0.15, 0.2) is 22.7 Å². The van der Waals surface area contributed by atoms with Gasteiger partial charge in [-0.2, -0.15) is 9.97 Å². The molecular formula is C12H9BrClFN6. The molecule has 3 aromatic rings. The molecule has 4 N–H and O–H groups in total. The van der Waals surface area contributed by atoms with Crippen molar-refractivity contribution in [2.24, 2.45) is 0 Å². The van der Waals surface area contributed by atoms with E-state index < -0.39 is 0 Å². The van der Waals surface area contributed by atoms with Crippen LogP contribution in [0, 0.1) is 5.82 Å². The first kappa shape index (κ1) is 14.0. The summed E-state index contributed by atoms with van der Waals surface area (Å²) >= 11 is 9.17. The van der Waals surface area contributed by atoms with Crippen molar-refractivity contribution in [3.63, 3.8) is 0 Å². The first-order valence-electron chi connectivity index (χ1n) is 5.84. The van der Waals surface area contributed by atoms with Crippen LogP contribution in [-0.4, -0.2) is 19.5 Å². The van der Waals surface area contributed by atoms with Gasteiger partial charge in [-0.05, 0) is 12.1 Å². The average Bonchev–Trinajstić information content (AvgIpc) is 2.70. The van der Waals surface area contributed by atoms with E-state index in [0.717, 1.165) is 0 Å². The topological polar surface area (TPSA) is 95.6 Å². The predicted octanol–water partition coefficient (Wildman–Crippen LogP) is 2.59. The van der Waals surface area contributed by atoms with E-state index in [-0.39, 0.29) is 29.4 Å². The van der Waals surface area contributed by atoms with Gasteiger partial charge in [-0.15, -0.1) is 0 Å². The number of hydrogen-bond acceptors (Lipinski definition) is 5. The minimum Gasteiger partial charge on any atom is -0.369 e. The van der Waals surface area contributed by atoms with Gasteiger partial charge in [0.2, 0.25) is 11.9 Å². The Balaban J connectivity index is 2.14. The third-order valence-corrected chi connectivity index (χ3v) is 3.70. The van der Waals surface area contributed by atoms with Gasteiger partial charge in [0.05, 0.1) is 6.54 Å². The maximum absolute atomic E-state index is 13.9. The summed E-state index contributed by atoms with van der Waals surface area (Å²) in [4.78, 5) is 12.0. The molecule has 0 fully saturated rings. The Hall–Kier alpha value is -1.93. The third-order valence-electron chi connectivity index (χ3n) is 2.94. The summed E-state index contributed by atoms with van der Waals surface area (Å²) in [5, 5.41) is 0.110. The van der Waals surface area contributed by atoms with E-state index in [9.17, 15) is 4.39 Å². The number of rotatable bonds is 2. The lowest BCUT2D eigenvalue weighted by Crippen LogP contribution is -2.07. The normalized spacial score (nSPS) is 11.2. The molecule has 9 heteroatoms. The SMILES string of the molecule is Nc1nc(Cl)c2nc(N)n(Cc3ccc(Br)cc3F)c2n1. The minimum absolute atomic E-state index is 0.00456. The van der Waals surface area contributed by atoms with Crippen LogP contribution in [0.25, 0.3) is 11.2 Å². The van der Waals surface area contributed by atoms with Gasteiger partial charge in [0.15, 0.2) is 10.8 Å². The smallest absolute Gasteiger partial charge is 0.223 e. The van der Waals surface area contributed by atoms with E-state index in [0.29, 0.717) is 21.2 Å². The molecule has 0 amide bonds. The number of imidazole rings is 1. The second kappa shape index (κ2) is 5.12. The molecular weight excluding hydrogens is 363 g/mol. The van der Waals surface area contributed by atoms with Crippen LogP contribution in [0.3, 0.4) is 0 Å². The summed E-state index contributed by atoms with van der Waals surface area (Å²) < 4.78 is 16.1. The Bertz CT molecular complexity index is 849. The molecule has 2 aromatic heterocycles. The number of nitrogen functional groups attached to an aromatic ring is 2. The van der Waals surface area contributed by atoms with Gasteiger partial charge >= 0.3 is 0 Å². The second-order valence-corrected chi connectivity index (χ2v) is 5.61. The highest BCUT2D eigenvalue weighted by atomic mass is 79.9. The monoisotopic (exact) mass is 370 g/mol. The van der Waals surface area contributed by atoms with Gasteiger partial charge in [0, 0.05) is 10.0 Å². The van der Waals surface area contributed by atoms with E-state index in [2.05, 4.69) is 30.9 Å². The molecule has 0 saturated carbocycles. The zero-order valence-corrected chi connectivity index (χ0v) is 12.9. The zero-order valence-electron chi connectivity index (χ0n) is 10.5. The molecule has 1 aromatic carbocycles. The first-order chi connectivity index (χ1) is 9.95. The molecule has 3 rings (SSSR count). The van der Waals surface area contributed by atoms with Gasteiger partial charge in [-0.1, -0.05) is 33.6 Å². The Morgan fingerprint density at radius 2 is 2.00 bits per heavy atom. The third kappa shape index (κ3) is 2.52. The molecule has 21 heavy (non-hydrogen) atoms. The van der Waals surface area contributed by atoms with Gasteiger partial charge in [-0.3, -0.25) is 4.57 Å². The molecule has 0 atom stereocenters. The van der Waals surface area contributed by atoms with Crippen LogP contribution < -0.4 is 11.5 Å². The molecule has 0 aliphatic rings. The fourth-order valence-corrected chi connectivity index (χ4v) is 2.52. The van der Waals surface area contributed by atoms with Crippen LogP contribution in [-0.2, 0) is 6.54 Å². The van der Waals surface area contributed by atoms with Crippen LogP contribution in [0.2, 0.25) is 5.15 Å². The van der Waals surface area contributed by atoms with Crippen molar-refractivity contribution >= 4 is 50.6 Å². The van der Waals surface area contributed by atoms with Crippen molar-refractivity contribution in [1.82, 2.24) is 19.5 Å². The average molecular weight is 372 g/mol. The molecule has 0 spiro atoms. The van der Waals surface area contributed by atoms with Gasteiger partial charge in [-0.25, -0.2) is 9.37 Å². The number of hydrogen-bond donors (Lipinski definition) is 2. The van der Waals surface area contributed by atoms with E-state index in [1.807, 2.05) is 0 Å². The molecule has 2 heterocycles. The molecule has 0 aliphatic carbocycles. The maximum atomic E-state index is 13.9. The van der Waals surface area contributed by atoms with E-state index >= 15 is 0 Å². The molecule has 0 radical (unpaired) electrons. The number of anilines is 2. The lowest BCUT2D eigenvalue weighted by molar-refractivity contribution is 0.601.